The van der Waals surface area contributed by atoms with Crippen LogP contribution in [-0.2, 0) is 10.9 Å². The van der Waals surface area contributed by atoms with E-state index in [1.165, 1.54) is 17.5 Å². The minimum atomic E-state index is -4.59. The van der Waals surface area contributed by atoms with Crippen molar-refractivity contribution in [2.24, 2.45) is 5.92 Å². The minimum absolute atomic E-state index is 0.221. The molecule has 4 heterocycles. The van der Waals surface area contributed by atoms with Crippen LogP contribution in [0.25, 0.3) is 16.2 Å². The number of nitrogens with two attached hydrogens (primary N) is 1. The molecule has 3 aromatic heterocycles. The standard InChI is InChI=1S/C21H26F3N7O2S/c1-20(2,3)33-19(32)27-9-12-4-6-30(7-5-12)18-29-31-11-15(28-17(31)34-18)13-8-14(21(22,23)24)16(25)26-10-13/h8,10-12H,4-7,9H2,1-3H3,(H2,25,26)(H,27,32). The van der Waals surface area contributed by atoms with Gasteiger partial charge in [-0.2, -0.15) is 13.2 Å². The fourth-order valence-electron chi connectivity index (χ4n) is 3.67. The Hall–Kier alpha value is -3.09. The van der Waals surface area contributed by atoms with E-state index in [0.717, 1.165) is 37.1 Å². The van der Waals surface area contributed by atoms with E-state index < -0.39 is 29.3 Å². The first-order valence-electron chi connectivity index (χ1n) is 10.8. The second kappa shape index (κ2) is 8.93. The van der Waals surface area contributed by atoms with Gasteiger partial charge in [-0.25, -0.2) is 19.3 Å². The fourth-order valence-corrected chi connectivity index (χ4v) is 4.60. The number of rotatable bonds is 4. The molecule has 1 saturated heterocycles. The van der Waals surface area contributed by atoms with Crippen LogP contribution in [0.3, 0.4) is 0 Å². The van der Waals surface area contributed by atoms with Crippen LogP contribution in [0.1, 0.15) is 39.2 Å². The maximum Gasteiger partial charge on any atom is 0.419 e. The number of fused-ring (bicyclic) bond motifs is 1. The van der Waals surface area contributed by atoms with Gasteiger partial charge in [0.25, 0.3) is 0 Å². The summed E-state index contributed by atoms with van der Waals surface area (Å²) in [6.07, 6.45) is -0.371. The number of anilines is 2. The summed E-state index contributed by atoms with van der Waals surface area (Å²) in [5.74, 6) is -0.220. The normalized spacial score (nSPS) is 15.6. The number of nitrogens with zero attached hydrogens (tertiary/aromatic N) is 5. The Labute approximate surface area is 198 Å². The van der Waals surface area contributed by atoms with Gasteiger partial charge in [-0.15, -0.1) is 5.10 Å². The average Bonchev–Trinajstić information content (AvgIpc) is 3.30. The number of halogens is 3. The number of alkyl carbamates (subject to hydrolysis) is 1. The monoisotopic (exact) mass is 497 g/mol. The largest absolute Gasteiger partial charge is 0.444 e. The lowest BCUT2D eigenvalue weighted by Crippen LogP contribution is -2.40. The van der Waals surface area contributed by atoms with Crippen molar-refractivity contribution in [1.29, 1.82) is 0 Å². The maximum absolute atomic E-state index is 13.1. The van der Waals surface area contributed by atoms with Gasteiger partial charge in [0.2, 0.25) is 10.1 Å². The van der Waals surface area contributed by atoms with Crippen LogP contribution in [0, 0.1) is 5.92 Å². The molecule has 0 bridgehead atoms. The molecule has 1 aliphatic heterocycles. The smallest absolute Gasteiger partial charge is 0.419 e. The van der Waals surface area contributed by atoms with Gasteiger partial charge in [0, 0.05) is 31.4 Å². The SMILES string of the molecule is CC(C)(C)OC(=O)NCC1CCN(c2nn3cc(-c4cnc(N)c(C(F)(F)F)c4)nc3s2)CC1. The quantitative estimate of drug-likeness (QED) is 0.556. The Morgan fingerprint density at radius 2 is 2.00 bits per heavy atom. The summed E-state index contributed by atoms with van der Waals surface area (Å²) in [5.41, 5.74) is 4.43. The molecular formula is C21H26F3N7O2S. The molecule has 34 heavy (non-hydrogen) atoms. The lowest BCUT2D eigenvalue weighted by molar-refractivity contribution is -0.137. The zero-order valence-electron chi connectivity index (χ0n) is 19.0. The van der Waals surface area contributed by atoms with E-state index in [0.29, 0.717) is 23.1 Å². The first-order valence-corrected chi connectivity index (χ1v) is 11.6. The van der Waals surface area contributed by atoms with Gasteiger partial charge in [-0.3, -0.25) is 0 Å². The van der Waals surface area contributed by atoms with Gasteiger partial charge in [-0.05, 0) is 45.6 Å². The molecule has 1 amide bonds. The summed E-state index contributed by atoms with van der Waals surface area (Å²) in [6, 6.07) is 0.950. The van der Waals surface area contributed by atoms with Crippen LogP contribution in [-0.4, -0.2) is 50.9 Å². The zero-order valence-corrected chi connectivity index (χ0v) is 19.8. The first-order chi connectivity index (χ1) is 15.9. The van der Waals surface area contributed by atoms with E-state index >= 15 is 0 Å². The summed E-state index contributed by atoms with van der Waals surface area (Å²) in [4.78, 5) is 22.7. The molecule has 3 aromatic rings. The number of pyridine rings is 1. The summed E-state index contributed by atoms with van der Waals surface area (Å²) in [6.45, 7) is 7.59. The van der Waals surface area contributed by atoms with Crippen LogP contribution in [0.15, 0.2) is 18.5 Å². The van der Waals surface area contributed by atoms with Gasteiger partial charge in [-0.1, -0.05) is 11.3 Å². The number of piperidine rings is 1. The van der Waals surface area contributed by atoms with Crippen molar-refractivity contribution in [2.75, 3.05) is 30.3 Å². The van der Waals surface area contributed by atoms with Gasteiger partial charge in [0.05, 0.1) is 17.5 Å². The zero-order chi connectivity index (χ0) is 24.7. The summed E-state index contributed by atoms with van der Waals surface area (Å²) in [5, 5.41) is 8.17. The highest BCUT2D eigenvalue weighted by Crippen LogP contribution is 2.35. The van der Waals surface area contributed by atoms with E-state index in [-0.39, 0.29) is 5.56 Å². The number of nitrogen functional groups attached to an aromatic ring is 1. The van der Waals surface area contributed by atoms with E-state index in [1.54, 1.807) is 10.7 Å². The predicted molar refractivity (Wildman–Crippen MR) is 123 cm³/mol. The first kappa shape index (κ1) is 24.0. The molecule has 0 spiro atoms. The minimum Gasteiger partial charge on any atom is -0.444 e. The van der Waals surface area contributed by atoms with Crippen molar-refractivity contribution in [1.82, 2.24) is 24.9 Å². The Morgan fingerprint density at radius 3 is 2.62 bits per heavy atom. The average molecular weight is 498 g/mol. The number of hydrogen-bond donors (Lipinski definition) is 2. The highest BCUT2D eigenvalue weighted by Gasteiger charge is 2.34. The van der Waals surface area contributed by atoms with Crippen molar-refractivity contribution in [2.45, 2.75) is 45.4 Å². The van der Waals surface area contributed by atoms with Gasteiger partial charge in [0.15, 0.2) is 0 Å². The molecule has 0 aromatic carbocycles. The van der Waals surface area contributed by atoms with Crippen molar-refractivity contribution in [3.63, 3.8) is 0 Å². The van der Waals surface area contributed by atoms with Gasteiger partial charge < -0.3 is 20.7 Å². The molecule has 0 unspecified atom stereocenters. The fraction of sp³-hybridized carbons (Fsp3) is 0.524. The van der Waals surface area contributed by atoms with Crippen LogP contribution >= 0.6 is 11.3 Å². The Balaban J connectivity index is 1.37. The molecule has 0 saturated carbocycles. The van der Waals surface area contributed by atoms with Crippen molar-refractivity contribution in [3.8, 4) is 11.3 Å². The Kier molecular flexibility index (Phi) is 6.32. The maximum atomic E-state index is 13.1. The molecule has 1 aliphatic rings. The van der Waals surface area contributed by atoms with Crippen LogP contribution in [0.2, 0.25) is 0 Å². The van der Waals surface area contributed by atoms with E-state index in [2.05, 4.69) is 25.3 Å². The van der Waals surface area contributed by atoms with Crippen LogP contribution in [0.5, 0.6) is 0 Å². The molecule has 3 N–H and O–H groups in total. The topological polar surface area (TPSA) is 111 Å². The highest BCUT2D eigenvalue weighted by molar-refractivity contribution is 7.20. The van der Waals surface area contributed by atoms with E-state index in [1.807, 2.05) is 20.8 Å². The summed E-state index contributed by atoms with van der Waals surface area (Å²) < 4.78 is 46.3. The number of amides is 1. The number of nitrogens with one attached hydrogen (secondary N) is 1. The van der Waals surface area contributed by atoms with E-state index in [9.17, 15) is 18.0 Å². The number of imidazole rings is 1. The molecule has 4 rings (SSSR count). The second-order valence-corrected chi connectivity index (χ2v) is 10.1. The van der Waals surface area contributed by atoms with Crippen LogP contribution in [0.4, 0.5) is 28.9 Å². The van der Waals surface area contributed by atoms with Crippen molar-refractivity contribution in [3.05, 3.63) is 24.0 Å². The Bertz CT molecular complexity index is 1150. The number of carbonyl (C=O) groups is 1. The molecular weight excluding hydrogens is 471 g/mol. The molecule has 0 aliphatic carbocycles. The number of carbonyl (C=O) groups excluding carboxylic acids is 1. The molecule has 13 heteroatoms. The molecule has 9 nitrogen and oxygen atoms in total. The van der Waals surface area contributed by atoms with Crippen molar-refractivity contribution >= 4 is 33.3 Å². The third-order valence-corrected chi connectivity index (χ3v) is 6.35. The summed E-state index contributed by atoms with van der Waals surface area (Å²) >= 11 is 1.37. The highest BCUT2D eigenvalue weighted by atomic mass is 32.1. The summed E-state index contributed by atoms with van der Waals surface area (Å²) in [7, 11) is 0. The lowest BCUT2D eigenvalue weighted by atomic mass is 9.97. The van der Waals surface area contributed by atoms with Gasteiger partial charge in [0.1, 0.15) is 11.4 Å². The molecule has 184 valence electrons. The number of alkyl halides is 3. The van der Waals surface area contributed by atoms with Gasteiger partial charge >= 0.3 is 12.3 Å². The third-order valence-electron chi connectivity index (χ3n) is 5.37. The van der Waals surface area contributed by atoms with Crippen LogP contribution < -0.4 is 16.0 Å². The Morgan fingerprint density at radius 1 is 1.29 bits per heavy atom. The molecule has 0 atom stereocenters. The second-order valence-electron chi connectivity index (χ2n) is 9.21. The third kappa shape index (κ3) is 5.51. The predicted octanol–water partition coefficient (Wildman–Crippen LogP) is 4.19. The molecule has 1 fully saturated rings. The number of ether oxygens (including phenoxy) is 1. The van der Waals surface area contributed by atoms with E-state index in [4.69, 9.17) is 10.5 Å². The lowest BCUT2D eigenvalue weighted by Gasteiger charge is -2.31. The number of aromatic nitrogens is 4. The number of hydrogen-bond acceptors (Lipinski definition) is 8. The van der Waals surface area contributed by atoms with Crippen molar-refractivity contribution < 1.29 is 22.7 Å². The molecule has 0 radical (unpaired) electrons.